The van der Waals surface area contributed by atoms with Gasteiger partial charge in [0.15, 0.2) is 23.0 Å². The van der Waals surface area contributed by atoms with Crippen LogP contribution >= 0.6 is 0 Å². The van der Waals surface area contributed by atoms with Crippen LogP contribution in [0.2, 0.25) is 0 Å². The zero-order valence-corrected chi connectivity index (χ0v) is 20.6. The number of methoxy groups -OCH3 is 2. The third-order valence-electron chi connectivity index (χ3n) is 6.76. The molecule has 5 rings (SSSR count). The number of piperazine rings is 1. The Morgan fingerprint density at radius 1 is 0.889 bits per heavy atom. The molecule has 1 unspecified atom stereocenters. The van der Waals surface area contributed by atoms with Gasteiger partial charge in [0.05, 0.1) is 20.3 Å². The molecule has 1 fully saturated rings. The zero-order valence-electron chi connectivity index (χ0n) is 20.6. The van der Waals surface area contributed by atoms with Gasteiger partial charge in [-0.1, -0.05) is 24.3 Å². The molecular formula is C28H31N3O5. The van der Waals surface area contributed by atoms with E-state index in [1.165, 1.54) is 5.69 Å². The summed E-state index contributed by atoms with van der Waals surface area (Å²) < 4.78 is 21.8. The number of para-hydroxylation sites is 1. The fourth-order valence-corrected chi connectivity index (χ4v) is 4.78. The molecule has 8 nitrogen and oxygen atoms in total. The van der Waals surface area contributed by atoms with Crippen LogP contribution < -0.4 is 29.2 Å². The summed E-state index contributed by atoms with van der Waals surface area (Å²) in [5.74, 6) is 2.44. The summed E-state index contributed by atoms with van der Waals surface area (Å²) in [5.41, 5.74) is 2.84. The molecule has 2 aliphatic rings. The topological polar surface area (TPSA) is 72.5 Å². The van der Waals surface area contributed by atoms with Crippen LogP contribution in [0.4, 0.5) is 5.69 Å². The minimum Gasteiger partial charge on any atom is -0.493 e. The second-order valence-electron chi connectivity index (χ2n) is 8.77. The average Bonchev–Trinajstić information content (AvgIpc) is 3.41. The Bertz CT molecular complexity index is 1200. The molecule has 36 heavy (non-hydrogen) atoms. The molecule has 0 aromatic heterocycles. The maximum Gasteiger partial charge on any atom is 0.251 e. The fraction of sp³-hybridized carbons (Fsp3) is 0.321. The van der Waals surface area contributed by atoms with Gasteiger partial charge in [0.1, 0.15) is 0 Å². The number of nitrogens with one attached hydrogen (secondary N) is 1. The summed E-state index contributed by atoms with van der Waals surface area (Å²) in [4.78, 5) is 17.9. The summed E-state index contributed by atoms with van der Waals surface area (Å²) in [7, 11) is 3.13. The molecule has 0 spiro atoms. The van der Waals surface area contributed by atoms with Crippen molar-refractivity contribution in [2.24, 2.45) is 0 Å². The second-order valence-corrected chi connectivity index (χ2v) is 8.77. The highest BCUT2D eigenvalue weighted by Gasteiger charge is 2.27. The molecule has 0 aliphatic carbocycles. The quantitative estimate of drug-likeness (QED) is 0.517. The summed E-state index contributed by atoms with van der Waals surface area (Å²) in [6.07, 6.45) is 0. The number of hydrogen-bond donors (Lipinski definition) is 1. The lowest BCUT2D eigenvalue weighted by Crippen LogP contribution is -2.50. The maximum atomic E-state index is 13.1. The molecule has 0 bridgehead atoms. The molecule has 1 saturated heterocycles. The van der Waals surface area contributed by atoms with E-state index in [4.69, 9.17) is 18.9 Å². The lowest BCUT2D eigenvalue weighted by molar-refractivity contribution is 0.0929. The molecule has 1 amide bonds. The highest BCUT2D eigenvalue weighted by Crippen LogP contribution is 2.36. The Kier molecular flexibility index (Phi) is 7.13. The Labute approximate surface area is 211 Å². The van der Waals surface area contributed by atoms with E-state index in [-0.39, 0.29) is 18.7 Å². The van der Waals surface area contributed by atoms with E-state index in [0.717, 1.165) is 43.2 Å². The largest absolute Gasteiger partial charge is 0.493 e. The number of ether oxygens (including phenoxy) is 4. The van der Waals surface area contributed by atoms with Crippen molar-refractivity contribution in [2.45, 2.75) is 6.04 Å². The first kappa shape index (κ1) is 23.8. The molecule has 0 radical (unpaired) electrons. The fourth-order valence-electron chi connectivity index (χ4n) is 4.78. The average molecular weight is 490 g/mol. The lowest BCUT2D eigenvalue weighted by Gasteiger charge is -2.40. The highest BCUT2D eigenvalue weighted by molar-refractivity contribution is 5.94. The van der Waals surface area contributed by atoms with Crippen LogP contribution in [-0.2, 0) is 0 Å². The SMILES string of the molecule is COc1ccc(C(=O)NCC(c2ccc3c(c2)OCO3)N2CCN(c3ccccc3)CC2)cc1OC. The first-order valence-electron chi connectivity index (χ1n) is 12.1. The third-order valence-corrected chi connectivity index (χ3v) is 6.76. The van der Waals surface area contributed by atoms with Crippen molar-refractivity contribution in [3.05, 3.63) is 77.9 Å². The molecule has 1 atom stereocenters. The van der Waals surface area contributed by atoms with Crippen LogP contribution in [0.1, 0.15) is 22.0 Å². The monoisotopic (exact) mass is 489 g/mol. The lowest BCUT2D eigenvalue weighted by atomic mass is 10.0. The number of benzene rings is 3. The van der Waals surface area contributed by atoms with Crippen LogP contribution in [0.3, 0.4) is 0 Å². The molecule has 188 valence electrons. The standard InChI is InChI=1S/C28H31N3O5/c1-33-24-10-9-21(17-26(24)34-2)28(32)29-18-23(20-8-11-25-27(16-20)36-19-35-25)31-14-12-30(13-15-31)22-6-4-3-5-7-22/h3-11,16-17,23H,12-15,18-19H2,1-2H3,(H,29,32). The second kappa shape index (κ2) is 10.8. The van der Waals surface area contributed by atoms with Crippen molar-refractivity contribution in [1.82, 2.24) is 10.2 Å². The van der Waals surface area contributed by atoms with Gasteiger partial charge in [0.2, 0.25) is 6.79 Å². The van der Waals surface area contributed by atoms with E-state index >= 15 is 0 Å². The minimum absolute atomic E-state index is 0.0125. The van der Waals surface area contributed by atoms with Gasteiger partial charge in [0.25, 0.3) is 5.91 Å². The van der Waals surface area contributed by atoms with E-state index in [9.17, 15) is 4.79 Å². The minimum atomic E-state index is -0.162. The number of anilines is 1. The maximum absolute atomic E-state index is 13.1. The molecule has 0 saturated carbocycles. The highest BCUT2D eigenvalue weighted by atomic mass is 16.7. The Hall–Kier alpha value is -3.91. The van der Waals surface area contributed by atoms with E-state index in [2.05, 4.69) is 45.4 Å². The number of fused-ring (bicyclic) bond motifs is 1. The molecule has 8 heteroatoms. The van der Waals surface area contributed by atoms with Crippen molar-refractivity contribution in [3.8, 4) is 23.0 Å². The Morgan fingerprint density at radius 2 is 1.64 bits per heavy atom. The zero-order chi connectivity index (χ0) is 24.9. The van der Waals surface area contributed by atoms with Gasteiger partial charge in [-0.3, -0.25) is 9.69 Å². The van der Waals surface area contributed by atoms with E-state index < -0.39 is 0 Å². The van der Waals surface area contributed by atoms with Crippen molar-refractivity contribution in [2.75, 3.05) is 58.6 Å². The van der Waals surface area contributed by atoms with Gasteiger partial charge in [-0.15, -0.1) is 0 Å². The summed E-state index contributed by atoms with van der Waals surface area (Å²) in [6.45, 7) is 4.26. The number of carbonyl (C=O) groups is 1. The van der Waals surface area contributed by atoms with E-state index in [0.29, 0.717) is 23.6 Å². The van der Waals surface area contributed by atoms with Gasteiger partial charge in [-0.05, 0) is 48.0 Å². The van der Waals surface area contributed by atoms with Gasteiger partial charge in [-0.2, -0.15) is 0 Å². The van der Waals surface area contributed by atoms with Crippen LogP contribution in [-0.4, -0.2) is 64.5 Å². The molecule has 2 aliphatic heterocycles. The van der Waals surface area contributed by atoms with Crippen molar-refractivity contribution < 1.29 is 23.7 Å². The first-order valence-corrected chi connectivity index (χ1v) is 12.1. The number of amides is 1. The summed E-state index contributed by atoms with van der Waals surface area (Å²) in [6, 6.07) is 21.7. The Morgan fingerprint density at radius 3 is 2.39 bits per heavy atom. The summed E-state index contributed by atoms with van der Waals surface area (Å²) in [5, 5.41) is 3.13. The molecule has 3 aromatic rings. The van der Waals surface area contributed by atoms with Gasteiger partial charge in [0, 0.05) is 44.0 Å². The first-order chi connectivity index (χ1) is 17.7. The third kappa shape index (κ3) is 5.04. The molecule has 3 aromatic carbocycles. The van der Waals surface area contributed by atoms with E-state index in [1.54, 1.807) is 32.4 Å². The van der Waals surface area contributed by atoms with Gasteiger partial charge in [-0.25, -0.2) is 0 Å². The Balaban J connectivity index is 1.32. The van der Waals surface area contributed by atoms with Gasteiger partial charge < -0.3 is 29.2 Å². The molecule has 1 N–H and O–H groups in total. The normalized spacial score (nSPS) is 15.9. The van der Waals surface area contributed by atoms with Crippen molar-refractivity contribution in [3.63, 3.8) is 0 Å². The smallest absolute Gasteiger partial charge is 0.251 e. The molecular weight excluding hydrogens is 458 g/mol. The predicted octanol–water partition coefficient (Wildman–Crippen LogP) is 3.73. The van der Waals surface area contributed by atoms with Crippen LogP contribution in [0.25, 0.3) is 0 Å². The van der Waals surface area contributed by atoms with Gasteiger partial charge >= 0.3 is 0 Å². The predicted molar refractivity (Wildman–Crippen MR) is 137 cm³/mol. The van der Waals surface area contributed by atoms with Crippen LogP contribution in [0, 0.1) is 0 Å². The number of carbonyl (C=O) groups excluding carboxylic acids is 1. The van der Waals surface area contributed by atoms with Crippen molar-refractivity contribution in [1.29, 1.82) is 0 Å². The summed E-state index contributed by atoms with van der Waals surface area (Å²) >= 11 is 0. The van der Waals surface area contributed by atoms with Crippen molar-refractivity contribution >= 4 is 11.6 Å². The van der Waals surface area contributed by atoms with E-state index in [1.807, 2.05) is 18.2 Å². The number of nitrogens with zero attached hydrogens (tertiary/aromatic N) is 2. The van der Waals surface area contributed by atoms with Crippen LogP contribution in [0.15, 0.2) is 66.7 Å². The van der Waals surface area contributed by atoms with Crippen LogP contribution in [0.5, 0.6) is 23.0 Å². The molecule has 2 heterocycles. The number of hydrogen-bond acceptors (Lipinski definition) is 7. The number of rotatable bonds is 8.